The zero-order chi connectivity index (χ0) is 18.5. The molecule has 0 spiro atoms. The fourth-order valence-electron chi connectivity index (χ4n) is 2.98. The molecule has 3 rings (SSSR count). The van der Waals surface area contributed by atoms with Crippen molar-refractivity contribution in [2.45, 2.75) is 26.3 Å². The summed E-state index contributed by atoms with van der Waals surface area (Å²) < 4.78 is 12.9. The smallest absolute Gasteiger partial charge is 0.274 e. The van der Waals surface area contributed by atoms with Gasteiger partial charge >= 0.3 is 0 Å². The highest BCUT2D eigenvalue weighted by atomic mass is 19.1. The molecular weight excluding hydrogens is 335 g/mol. The number of likely N-dealkylation sites (tertiary alicyclic amines) is 1. The van der Waals surface area contributed by atoms with Crippen LogP contribution in [0.2, 0.25) is 0 Å². The van der Waals surface area contributed by atoms with Crippen LogP contribution in [0.3, 0.4) is 0 Å². The number of carbonyl (C=O) groups is 2. The normalized spacial score (nSPS) is 17.0. The number of nitrogens with one attached hydrogen (secondary N) is 1. The van der Waals surface area contributed by atoms with E-state index in [0.29, 0.717) is 25.3 Å². The van der Waals surface area contributed by atoms with Crippen molar-refractivity contribution in [3.05, 3.63) is 59.4 Å². The Labute approximate surface area is 151 Å². The molecule has 1 aliphatic rings. The minimum atomic E-state index is -0.305. The van der Waals surface area contributed by atoms with Crippen LogP contribution in [0.4, 0.5) is 4.39 Å². The van der Waals surface area contributed by atoms with Crippen LogP contribution in [0.1, 0.15) is 34.6 Å². The van der Waals surface area contributed by atoms with Gasteiger partial charge in [0.2, 0.25) is 5.91 Å². The number of rotatable bonds is 4. The molecule has 0 bridgehead atoms. The zero-order valence-electron chi connectivity index (χ0n) is 14.6. The van der Waals surface area contributed by atoms with Crippen LogP contribution in [0.15, 0.2) is 36.7 Å². The maximum Gasteiger partial charge on any atom is 0.274 e. The number of carbonyl (C=O) groups excluding carboxylic acids is 2. The number of hydrogen-bond acceptors (Lipinski definition) is 4. The minimum Gasteiger partial charge on any atom is -0.352 e. The number of aromatic nitrogens is 2. The molecule has 2 aromatic rings. The molecule has 0 unspecified atom stereocenters. The first-order valence-electron chi connectivity index (χ1n) is 8.63. The highest BCUT2D eigenvalue weighted by molar-refractivity contribution is 5.92. The van der Waals surface area contributed by atoms with E-state index in [1.54, 1.807) is 23.2 Å². The lowest BCUT2D eigenvalue weighted by Crippen LogP contribution is -2.45. The van der Waals surface area contributed by atoms with Gasteiger partial charge in [-0.15, -0.1) is 0 Å². The molecule has 136 valence electrons. The Balaban J connectivity index is 1.57. The highest BCUT2D eigenvalue weighted by Gasteiger charge is 2.29. The molecule has 1 N–H and O–H groups in total. The molecule has 2 heterocycles. The van der Waals surface area contributed by atoms with Crippen LogP contribution in [0, 0.1) is 18.7 Å². The number of halogens is 1. The summed E-state index contributed by atoms with van der Waals surface area (Å²) in [7, 11) is 0. The summed E-state index contributed by atoms with van der Waals surface area (Å²) >= 11 is 0. The predicted octanol–water partition coefficient (Wildman–Crippen LogP) is 2.09. The van der Waals surface area contributed by atoms with Gasteiger partial charge in [-0.1, -0.05) is 12.1 Å². The Morgan fingerprint density at radius 2 is 2.00 bits per heavy atom. The van der Waals surface area contributed by atoms with Gasteiger partial charge in [-0.05, 0) is 37.5 Å². The van der Waals surface area contributed by atoms with Crippen LogP contribution < -0.4 is 5.32 Å². The van der Waals surface area contributed by atoms with Gasteiger partial charge in [-0.2, -0.15) is 0 Å². The second-order valence-corrected chi connectivity index (χ2v) is 6.48. The maximum atomic E-state index is 12.9. The van der Waals surface area contributed by atoms with Gasteiger partial charge in [0.05, 0.1) is 17.8 Å². The van der Waals surface area contributed by atoms with Crippen molar-refractivity contribution in [2.75, 3.05) is 13.1 Å². The molecule has 0 radical (unpaired) electrons. The standard InChI is InChI=1S/C19H21FN4O2/c1-13-9-22-17(11-21-13)19(26)24-8-2-3-15(12-24)18(25)23-10-14-4-6-16(20)7-5-14/h4-7,9,11,15H,2-3,8,10,12H2,1H3,(H,23,25)/t15-/m1/s1. The largest absolute Gasteiger partial charge is 0.352 e. The van der Waals surface area contributed by atoms with Gasteiger partial charge in [0, 0.05) is 25.8 Å². The quantitative estimate of drug-likeness (QED) is 0.910. The van der Waals surface area contributed by atoms with E-state index < -0.39 is 0 Å². The first-order valence-corrected chi connectivity index (χ1v) is 8.63. The summed E-state index contributed by atoms with van der Waals surface area (Å²) in [5.41, 5.74) is 1.87. The second kappa shape index (κ2) is 8.03. The summed E-state index contributed by atoms with van der Waals surface area (Å²) in [4.78, 5) is 34.9. The van der Waals surface area contributed by atoms with Gasteiger partial charge in [-0.3, -0.25) is 14.6 Å². The Kier molecular flexibility index (Phi) is 5.55. The number of hydrogen-bond donors (Lipinski definition) is 1. The molecule has 1 aliphatic heterocycles. The maximum absolute atomic E-state index is 12.9. The molecular formula is C19H21FN4O2. The van der Waals surface area contributed by atoms with Crippen LogP contribution in [0.5, 0.6) is 0 Å². The summed E-state index contributed by atoms with van der Waals surface area (Å²) in [5.74, 6) is -0.859. The van der Waals surface area contributed by atoms with E-state index in [4.69, 9.17) is 0 Å². The third kappa shape index (κ3) is 4.41. The topological polar surface area (TPSA) is 75.2 Å². The molecule has 0 aliphatic carbocycles. The first-order chi connectivity index (χ1) is 12.5. The molecule has 1 saturated heterocycles. The van der Waals surface area contributed by atoms with E-state index in [0.717, 1.165) is 24.1 Å². The number of aryl methyl sites for hydroxylation is 1. The van der Waals surface area contributed by atoms with Crippen LogP contribution in [0.25, 0.3) is 0 Å². The average molecular weight is 356 g/mol. The lowest BCUT2D eigenvalue weighted by Gasteiger charge is -2.31. The monoisotopic (exact) mass is 356 g/mol. The van der Waals surface area contributed by atoms with Crippen molar-refractivity contribution in [1.82, 2.24) is 20.2 Å². The van der Waals surface area contributed by atoms with Crippen molar-refractivity contribution in [3.63, 3.8) is 0 Å². The number of amides is 2. The van der Waals surface area contributed by atoms with Gasteiger partial charge in [0.1, 0.15) is 11.5 Å². The third-order valence-electron chi connectivity index (χ3n) is 4.46. The van der Waals surface area contributed by atoms with E-state index in [2.05, 4.69) is 15.3 Å². The van der Waals surface area contributed by atoms with Crippen molar-refractivity contribution in [1.29, 1.82) is 0 Å². The average Bonchev–Trinajstić information content (AvgIpc) is 2.67. The van der Waals surface area contributed by atoms with Crippen molar-refractivity contribution < 1.29 is 14.0 Å². The molecule has 6 nitrogen and oxygen atoms in total. The minimum absolute atomic E-state index is 0.0955. The molecule has 0 saturated carbocycles. The summed E-state index contributed by atoms with van der Waals surface area (Å²) in [5, 5.41) is 2.87. The SMILES string of the molecule is Cc1cnc(C(=O)N2CCC[C@@H](C(=O)NCc3ccc(F)cc3)C2)cn1. The molecule has 1 aromatic carbocycles. The lowest BCUT2D eigenvalue weighted by molar-refractivity contribution is -0.126. The van der Waals surface area contributed by atoms with Crippen LogP contribution >= 0.6 is 0 Å². The van der Waals surface area contributed by atoms with Crippen LogP contribution in [-0.2, 0) is 11.3 Å². The van der Waals surface area contributed by atoms with E-state index in [1.165, 1.54) is 18.3 Å². The molecule has 26 heavy (non-hydrogen) atoms. The predicted molar refractivity (Wildman–Crippen MR) is 93.6 cm³/mol. The van der Waals surface area contributed by atoms with Gasteiger partial charge in [0.25, 0.3) is 5.91 Å². The highest BCUT2D eigenvalue weighted by Crippen LogP contribution is 2.18. The summed E-state index contributed by atoms with van der Waals surface area (Å²) in [6, 6.07) is 6.01. The van der Waals surface area contributed by atoms with E-state index in [1.807, 2.05) is 6.92 Å². The van der Waals surface area contributed by atoms with Crippen molar-refractivity contribution >= 4 is 11.8 Å². The Morgan fingerprint density at radius 1 is 1.23 bits per heavy atom. The molecule has 2 amide bonds. The van der Waals surface area contributed by atoms with E-state index in [9.17, 15) is 14.0 Å². The Hall–Kier alpha value is -2.83. The fraction of sp³-hybridized carbons (Fsp3) is 0.368. The molecule has 1 atom stereocenters. The second-order valence-electron chi connectivity index (χ2n) is 6.48. The molecule has 1 fully saturated rings. The molecule has 1 aromatic heterocycles. The number of benzene rings is 1. The van der Waals surface area contributed by atoms with Crippen molar-refractivity contribution in [3.8, 4) is 0 Å². The molecule has 7 heteroatoms. The van der Waals surface area contributed by atoms with Gasteiger partial charge in [-0.25, -0.2) is 9.37 Å². The van der Waals surface area contributed by atoms with Crippen molar-refractivity contribution in [2.24, 2.45) is 5.92 Å². The van der Waals surface area contributed by atoms with E-state index in [-0.39, 0.29) is 23.5 Å². The Bertz CT molecular complexity index is 777. The fourth-order valence-corrected chi connectivity index (χ4v) is 2.98. The number of nitrogens with zero attached hydrogens (tertiary/aromatic N) is 3. The summed E-state index contributed by atoms with van der Waals surface area (Å²) in [6.07, 6.45) is 4.53. The lowest BCUT2D eigenvalue weighted by atomic mass is 9.96. The Morgan fingerprint density at radius 3 is 2.69 bits per heavy atom. The van der Waals surface area contributed by atoms with Gasteiger partial charge < -0.3 is 10.2 Å². The summed E-state index contributed by atoms with van der Waals surface area (Å²) in [6.45, 7) is 3.12. The van der Waals surface area contributed by atoms with E-state index >= 15 is 0 Å². The third-order valence-corrected chi connectivity index (χ3v) is 4.46. The number of piperidine rings is 1. The first kappa shape index (κ1) is 18.0. The zero-order valence-corrected chi connectivity index (χ0v) is 14.6. The van der Waals surface area contributed by atoms with Gasteiger partial charge in [0.15, 0.2) is 0 Å². The van der Waals surface area contributed by atoms with Crippen LogP contribution in [-0.4, -0.2) is 39.8 Å².